The summed E-state index contributed by atoms with van der Waals surface area (Å²) < 4.78 is 61.0. The third-order valence-electron chi connectivity index (χ3n) is 2.33. The molecular formula is C10H14F3N3O2S. The van der Waals surface area contributed by atoms with E-state index < -0.39 is 22.6 Å². The lowest BCUT2D eigenvalue weighted by molar-refractivity contribution is -0.131. The van der Waals surface area contributed by atoms with Crippen molar-refractivity contribution in [3.63, 3.8) is 0 Å². The number of nitrogens with one attached hydrogen (secondary N) is 2. The summed E-state index contributed by atoms with van der Waals surface area (Å²) in [7, 11) is -2.37. The molecule has 0 heterocycles. The monoisotopic (exact) mass is 297 g/mol. The normalized spacial score (nSPS) is 12.4. The van der Waals surface area contributed by atoms with Gasteiger partial charge >= 0.3 is 6.18 Å². The predicted molar refractivity (Wildman–Crippen MR) is 66.3 cm³/mol. The van der Waals surface area contributed by atoms with Crippen molar-refractivity contribution in [1.82, 2.24) is 4.72 Å². The zero-order chi connectivity index (χ0) is 14.7. The van der Waals surface area contributed by atoms with E-state index in [-0.39, 0.29) is 22.8 Å². The van der Waals surface area contributed by atoms with Gasteiger partial charge in [-0.3, -0.25) is 0 Å². The average Bonchev–Trinajstić information content (AvgIpc) is 2.29. The van der Waals surface area contributed by atoms with Crippen molar-refractivity contribution in [3.8, 4) is 0 Å². The van der Waals surface area contributed by atoms with Crippen LogP contribution in [-0.2, 0) is 10.0 Å². The van der Waals surface area contributed by atoms with Crippen molar-refractivity contribution in [2.75, 3.05) is 24.6 Å². The van der Waals surface area contributed by atoms with Crippen LogP contribution in [0, 0.1) is 0 Å². The molecule has 108 valence electrons. The third-order valence-corrected chi connectivity index (χ3v) is 3.74. The highest BCUT2D eigenvalue weighted by atomic mass is 32.2. The molecule has 0 fully saturated rings. The maximum absolute atomic E-state index is 12.0. The van der Waals surface area contributed by atoms with Gasteiger partial charge in [0, 0.05) is 6.54 Å². The van der Waals surface area contributed by atoms with Gasteiger partial charge in [0.1, 0.15) is 0 Å². The van der Waals surface area contributed by atoms with Crippen LogP contribution in [0.25, 0.3) is 0 Å². The van der Waals surface area contributed by atoms with Crippen LogP contribution in [-0.4, -0.2) is 28.2 Å². The molecule has 0 aliphatic rings. The van der Waals surface area contributed by atoms with Gasteiger partial charge in [-0.05, 0) is 25.2 Å². The second-order valence-corrected chi connectivity index (χ2v) is 5.64. The number of hydrogen-bond donors (Lipinski definition) is 3. The number of benzene rings is 1. The van der Waals surface area contributed by atoms with Gasteiger partial charge in [0.05, 0.1) is 22.7 Å². The van der Waals surface area contributed by atoms with Crippen LogP contribution in [0.5, 0.6) is 0 Å². The maximum Gasteiger partial charge on any atom is 0.390 e. The second-order valence-electron chi connectivity index (χ2n) is 3.75. The van der Waals surface area contributed by atoms with Crippen molar-refractivity contribution in [2.24, 2.45) is 0 Å². The van der Waals surface area contributed by atoms with Crippen LogP contribution in [0.4, 0.5) is 24.5 Å². The molecule has 1 aromatic carbocycles. The van der Waals surface area contributed by atoms with Gasteiger partial charge in [-0.2, -0.15) is 13.2 Å². The minimum atomic E-state index is -4.25. The fourth-order valence-corrected chi connectivity index (χ4v) is 2.09. The van der Waals surface area contributed by atoms with Gasteiger partial charge in [0.25, 0.3) is 0 Å². The molecule has 0 aliphatic heterocycles. The first-order chi connectivity index (χ1) is 8.65. The molecule has 0 saturated heterocycles. The molecule has 0 aliphatic carbocycles. The Balaban J connectivity index is 2.79. The number of nitrogen functional groups attached to an aromatic ring is 1. The van der Waals surface area contributed by atoms with E-state index in [0.717, 1.165) is 0 Å². The zero-order valence-electron chi connectivity index (χ0n) is 10.1. The van der Waals surface area contributed by atoms with E-state index in [9.17, 15) is 21.6 Å². The van der Waals surface area contributed by atoms with Crippen LogP contribution in [0.3, 0.4) is 0 Å². The van der Waals surface area contributed by atoms with Crippen molar-refractivity contribution in [1.29, 1.82) is 0 Å². The molecule has 0 atom stereocenters. The molecule has 0 radical (unpaired) electrons. The third kappa shape index (κ3) is 4.60. The van der Waals surface area contributed by atoms with Crippen molar-refractivity contribution in [2.45, 2.75) is 17.5 Å². The largest absolute Gasteiger partial charge is 0.397 e. The first kappa shape index (κ1) is 15.6. The highest BCUT2D eigenvalue weighted by Crippen LogP contribution is 2.24. The van der Waals surface area contributed by atoms with E-state index in [1.165, 1.54) is 25.2 Å². The number of anilines is 2. The SMILES string of the molecule is CNS(=O)(=O)c1ccc(NCCC(F)(F)F)c(N)c1. The summed E-state index contributed by atoms with van der Waals surface area (Å²) >= 11 is 0. The summed E-state index contributed by atoms with van der Waals surface area (Å²) in [6.07, 6.45) is -5.25. The van der Waals surface area contributed by atoms with Crippen molar-refractivity contribution in [3.05, 3.63) is 18.2 Å². The second kappa shape index (κ2) is 5.66. The lowest BCUT2D eigenvalue weighted by Crippen LogP contribution is -2.19. The molecule has 0 spiro atoms. The average molecular weight is 297 g/mol. The molecule has 0 saturated carbocycles. The molecular weight excluding hydrogens is 283 g/mol. The van der Waals surface area contributed by atoms with Gasteiger partial charge in [0.2, 0.25) is 10.0 Å². The molecule has 19 heavy (non-hydrogen) atoms. The molecule has 0 bridgehead atoms. The number of halogens is 3. The number of nitrogens with two attached hydrogens (primary N) is 1. The Morgan fingerprint density at radius 2 is 1.95 bits per heavy atom. The summed E-state index contributed by atoms with van der Waals surface area (Å²) in [6.45, 7) is -0.328. The summed E-state index contributed by atoms with van der Waals surface area (Å²) in [4.78, 5) is -0.0473. The summed E-state index contributed by atoms with van der Waals surface area (Å²) in [5.41, 5.74) is 5.92. The first-order valence-electron chi connectivity index (χ1n) is 5.29. The Morgan fingerprint density at radius 1 is 1.32 bits per heavy atom. The highest BCUT2D eigenvalue weighted by Gasteiger charge is 2.26. The molecule has 0 amide bonds. The van der Waals surface area contributed by atoms with Gasteiger partial charge in [-0.25, -0.2) is 13.1 Å². The van der Waals surface area contributed by atoms with E-state index in [0.29, 0.717) is 0 Å². The fraction of sp³-hybridized carbons (Fsp3) is 0.400. The maximum atomic E-state index is 12.0. The zero-order valence-corrected chi connectivity index (χ0v) is 10.9. The standard InChI is InChI=1S/C10H14F3N3O2S/c1-15-19(17,18)7-2-3-9(8(14)6-7)16-5-4-10(11,12)13/h2-3,6,15-16H,4-5,14H2,1H3. The Bertz CT molecular complexity index is 543. The van der Waals surface area contributed by atoms with Crippen LogP contribution in [0.15, 0.2) is 23.1 Å². The van der Waals surface area contributed by atoms with E-state index in [2.05, 4.69) is 10.0 Å². The summed E-state index contributed by atoms with van der Waals surface area (Å²) in [5, 5.41) is 2.51. The van der Waals surface area contributed by atoms with Gasteiger partial charge < -0.3 is 11.1 Å². The molecule has 1 rings (SSSR count). The lowest BCUT2D eigenvalue weighted by Gasteiger charge is -2.12. The highest BCUT2D eigenvalue weighted by molar-refractivity contribution is 7.89. The van der Waals surface area contributed by atoms with E-state index in [1.807, 2.05) is 0 Å². The van der Waals surface area contributed by atoms with E-state index >= 15 is 0 Å². The molecule has 4 N–H and O–H groups in total. The smallest absolute Gasteiger partial charge is 0.390 e. The molecule has 9 heteroatoms. The number of sulfonamides is 1. The summed E-state index contributed by atoms with van der Waals surface area (Å²) in [5.74, 6) is 0. The molecule has 5 nitrogen and oxygen atoms in total. The van der Waals surface area contributed by atoms with Crippen molar-refractivity contribution >= 4 is 21.4 Å². The summed E-state index contributed by atoms with van der Waals surface area (Å²) in [6, 6.07) is 3.77. The molecule has 0 unspecified atom stereocenters. The van der Waals surface area contributed by atoms with Gasteiger partial charge in [0.15, 0.2) is 0 Å². The Kier molecular flexibility index (Phi) is 4.64. The minimum absolute atomic E-state index is 0.0473. The Morgan fingerprint density at radius 3 is 2.42 bits per heavy atom. The van der Waals surface area contributed by atoms with Crippen LogP contribution >= 0.6 is 0 Å². The Hall–Kier alpha value is -1.48. The number of rotatable bonds is 5. The van der Waals surface area contributed by atoms with E-state index in [4.69, 9.17) is 5.73 Å². The first-order valence-corrected chi connectivity index (χ1v) is 6.78. The lowest BCUT2D eigenvalue weighted by atomic mass is 10.2. The molecule has 0 aromatic heterocycles. The minimum Gasteiger partial charge on any atom is -0.397 e. The number of alkyl halides is 3. The Labute approximate surface area is 109 Å². The number of hydrogen-bond acceptors (Lipinski definition) is 4. The molecule has 1 aromatic rings. The topological polar surface area (TPSA) is 84.2 Å². The van der Waals surface area contributed by atoms with Gasteiger partial charge in [-0.1, -0.05) is 0 Å². The van der Waals surface area contributed by atoms with Crippen LogP contribution < -0.4 is 15.8 Å². The van der Waals surface area contributed by atoms with Gasteiger partial charge in [-0.15, -0.1) is 0 Å². The van der Waals surface area contributed by atoms with E-state index in [1.54, 1.807) is 0 Å². The van der Waals surface area contributed by atoms with Crippen molar-refractivity contribution < 1.29 is 21.6 Å². The predicted octanol–water partition coefficient (Wildman–Crippen LogP) is 1.54. The van der Waals surface area contributed by atoms with Crippen LogP contribution in [0.1, 0.15) is 6.42 Å². The fourth-order valence-electron chi connectivity index (χ4n) is 1.33. The quantitative estimate of drug-likeness (QED) is 0.720. The van der Waals surface area contributed by atoms with Crippen LogP contribution in [0.2, 0.25) is 0 Å².